The van der Waals surface area contributed by atoms with Crippen LogP contribution in [-0.2, 0) is 4.74 Å². The van der Waals surface area contributed by atoms with E-state index in [1.165, 1.54) is 12.8 Å². The first-order chi connectivity index (χ1) is 9.54. The minimum atomic E-state index is -0.0706. The van der Waals surface area contributed by atoms with Crippen LogP contribution in [0, 0.1) is 5.92 Å². The van der Waals surface area contributed by atoms with E-state index in [2.05, 4.69) is 6.92 Å². The number of benzene rings is 1. The zero-order valence-corrected chi connectivity index (χ0v) is 12.7. The second-order valence-electron chi connectivity index (χ2n) is 5.31. The standard InChI is InChI=1S/C15H21ClN2O2/c1-10(11-3-4-11)18(7-8-20-2)15(19)13-9-12(17)5-6-14(13)16/h5-6,9-11H,3-4,7-8,17H2,1-2H3. The summed E-state index contributed by atoms with van der Waals surface area (Å²) in [6.45, 7) is 3.17. The molecule has 2 rings (SSSR count). The van der Waals surface area contributed by atoms with Gasteiger partial charge < -0.3 is 15.4 Å². The van der Waals surface area contributed by atoms with E-state index in [4.69, 9.17) is 22.1 Å². The Bertz CT molecular complexity index is 489. The predicted molar refractivity (Wildman–Crippen MR) is 81.0 cm³/mol. The smallest absolute Gasteiger partial charge is 0.255 e. The molecule has 0 spiro atoms. The van der Waals surface area contributed by atoms with Crippen LogP contribution in [0.1, 0.15) is 30.1 Å². The van der Waals surface area contributed by atoms with Crippen LogP contribution in [0.5, 0.6) is 0 Å². The van der Waals surface area contributed by atoms with Gasteiger partial charge in [-0.3, -0.25) is 4.79 Å². The van der Waals surface area contributed by atoms with Gasteiger partial charge in [-0.15, -0.1) is 0 Å². The fourth-order valence-electron chi connectivity index (χ4n) is 2.37. The number of rotatable bonds is 6. The van der Waals surface area contributed by atoms with Crippen LogP contribution in [0.2, 0.25) is 5.02 Å². The molecular formula is C15H21ClN2O2. The normalized spacial score (nSPS) is 15.9. The third kappa shape index (κ3) is 3.44. The molecule has 20 heavy (non-hydrogen) atoms. The highest BCUT2D eigenvalue weighted by molar-refractivity contribution is 6.34. The van der Waals surface area contributed by atoms with E-state index in [1.807, 2.05) is 4.90 Å². The molecule has 4 nitrogen and oxygen atoms in total. The van der Waals surface area contributed by atoms with Crippen molar-refractivity contribution in [3.05, 3.63) is 28.8 Å². The molecule has 1 aromatic rings. The average molecular weight is 297 g/mol. The molecule has 1 saturated carbocycles. The Kier molecular flexibility index (Phi) is 4.89. The molecule has 0 aromatic heterocycles. The first kappa shape index (κ1) is 15.1. The van der Waals surface area contributed by atoms with Gasteiger partial charge in [0, 0.05) is 25.4 Å². The number of hydrogen-bond donors (Lipinski definition) is 1. The molecule has 0 heterocycles. The van der Waals surface area contributed by atoms with Crippen LogP contribution in [-0.4, -0.2) is 37.1 Å². The number of ether oxygens (including phenoxy) is 1. The van der Waals surface area contributed by atoms with Crippen molar-refractivity contribution < 1.29 is 9.53 Å². The van der Waals surface area contributed by atoms with Crippen LogP contribution in [0.25, 0.3) is 0 Å². The summed E-state index contributed by atoms with van der Waals surface area (Å²) in [5.74, 6) is 0.523. The van der Waals surface area contributed by atoms with Gasteiger partial charge in [-0.1, -0.05) is 11.6 Å². The number of anilines is 1. The molecule has 1 unspecified atom stereocenters. The fraction of sp³-hybridized carbons (Fsp3) is 0.533. The molecule has 0 saturated heterocycles. The van der Waals surface area contributed by atoms with Crippen molar-refractivity contribution in [1.82, 2.24) is 4.90 Å². The van der Waals surface area contributed by atoms with Crippen molar-refractivity contribution in [3.8, 4) is 0 Å². The largest absolute Gasteiger partial charge is 0.399 e. The van der Waals surface area contributed by atoms with E-state index in [1.54, 1.807) is 25.3 Å². The molecule has 1 aliphatic carbocycles. The third-order valence-electron chi connectivity index (χ3n) is 3.81. The molecule has 5 heteroatoms. The second kappa shape index (κ2) is 6.46. The predicted octanol–water partition coefficient (Wildman–Crippen LogP) is 2.81. The van der Waals surface area contributed by atoms with Gasteiger partial charge >= 0.3 is 0 Å². The number of nitrogen functional groups attached to an aromatic ring is 1. The number of hydrogen-bond acceptors (Lipinski definition) is 3. The van der Waals surface area contributed by atoms with Crippen LogP contribution >= 0.6 is 11.6 Å². The van der Waals surface area contributed by atoms with E-state index in [0.29, 0.717) is 35.3 Å². The lowest BCUT2D eigenvalue weighted by Crippen LogP contribution is -2.42. The Labute approximate surface area is 124 Å². The number of carbonyl (C=O) groups is 1. The lowest BCUT2D eigenvalue weighted by atomic mass is 10.1. The third-order valence-corrected chi connectivity index (χ3v) is 4.14. The van der Waals surface area contributed by atoms with Crippen molar-refractivity contribution in [3.63, 3.8) is 0 Å². The molecular weight excluding hydrogens is 276 g/mol. The minimum Gasteiger partial charge on any atom is -0.399 e. The summed E-state index contributed by atoms with van der Waals surface area (Å²) in [5, 5.41) is 0.439. The highest BCUT2D eigenvalue weighted by Gasteiger charge is 2.34. The molecule has 110 valence electrons. The maximum Gasteiger partial charge on any atom is 0.255 e. The monoisotopic (exact) mass is 296 g/mol. The first-order valence-electron chi connectivity index (χ1n) is 6.89. The van der Waals surface area contributed by atoms with Crippen molar-refractivity contribution >= 4 is 23.2 Å². The molecule has 1 fully saturated rings. The number of nitrogens with two attached hydrogens (primary N) is 1. The van der Waals surface area contributed by atoms with Gasteiger partial charge in [0.25, 0.3) is 5.91 Å². The van der Waals surface area contributed by atoms with E-state index in [-0.39, 0.29) is 11.9 Å². The molecule has 1 aliphatic rings. The van der Waals surface area contributed by atoms with E-state index in [0.717, 1.165) is 0 Å². The molecule has 2 N–H and O–H groups in total. The quantitative estimate of drug-likeness (QED) is 0.821. The Morgan fingerprint density at radius 2 is 2.25 bits per heavy atom. The zero-order valence-electron chi connectivity index (χ0n) is 11.9. The van der Waals surface area contributed by atoms with Crippen molar-refractivity contribution in [2.45, 2.75) is 25.8 Å². The molecule has 1 atom stereocenters. The number of methoxy groups -OCH3 is 1. The summed E-state index contributed by atoms with van der Waals surface area (Å²) in [5.41, 5.74) is 6.77. The molecule has 0 aliphatic heterocycles. The highest BCUT2D eigenvalue weighted by Crippen LogP contribution is 2.36. The van der Waals surface area contributed by atoms with E-state index < -0.39 is 0 Å². The summed E-state index contributed by atoms with van der Waals surface area (Å²) in [4.78, 5) is 14.6. The lowest BCUT2D eigenvalue weighted by molar-refractivity contribution is 0.0595. The van der Waals surface area contributed by atoms with Crippen LogP contribution in [0.15, 0.2) is 18.2 Å². The summed E-state index contributed by atoms with van der Waals surface area (Å²) in [7, 11) is 1.64. The van der Waals surface area contributed by atoms with Gasteiger partial charge in [0.05, 0.1) is 17.2 Å². The van der Waals surface area contributed by atoms with Crippen molar-refractivity contribution in [1.29, 1.82) is 0 Å². The maximum atomic E-state index is 12.7. The second-order valence-corrected chi connectivity index (χ2v) is 5.72. The molecule has 0 bridgehead atoms. The Balaban J connectivity index is 2.22. The molecule has 0 radical (unpaired) electrons. The number of carbonyl (C=O) groups excluding carboxylic acids is 1. The zero-order chi connectivity index (χ0) is 14.7. The van der Waals surface area contributed by atoms with Crippen LogP contribution < -0.4 is 5.73 Å². The summed E-state index contributed by atoms with van der Waals surface area (Å²) >= 11 is 6.13. The first-order valence-corrected chi connectivity index (χ1v) is 7.27. The minimum absolute atomic E-state index is 0.0706. The number of amides is 1. The summed E-state index contributed by atoms with van der Waals surface area (Å²) in [6, 6.07) is 5.21. The lowest BCUT2D eigenvalue weighted by Gasteiger charge is -2.29. The number of nitrogens with zero attached hydrogens (tertiary/aromatic N) is 1. The van der Waals surface area contributed by atoms with Crippen LogP contribution in [0.3, 0.4) is 0 Å². The van der Waals surface area contributed by atoms with Gasteiger partial charge in [-0.2, -0.15) is 0 Å². The molecule has 1 amide bonds. The Hall–Kier alpha value is -1.26. The van der Waals surface area contributed by atoms with Gasteiger partial charge in [0.2, 0.25) is 0 Å². The van der Waals surface area contributed by atoms with E-state index in [9.17, 15) is 4.79 Å². The topological polar surface area (TPSA) is 55.6 Å². The summed E-state index contributed by atoms with van der Waals surface area (Å²) in [6.07, 6.45) is 2.37. The van der Waals surface area contributed by atoms with Gasteiger partial charge in [0.1, 0.15) is 0 Å². The van der Waals surface area contributed by atoms with Crippen LogP contribution in [0.4, 0.5) is 5.69 Å². The molecule has 1 aromatic carbocycles. The highest BCUT2D eigenvalue weighted by atomic mass is 35.5. The number of halogens is 1. The van der Waals surface area contributed by atoms with Gasteiger partial charge in [-0.05, 0) is 43.9 Å². The van der Waals surface area contributed by atoms with Crippen molar-refractivity contribution in [2.24, 2.45) is 5.92 Å². The summed E-state index contributed by atoms with van der Waals surface area (Å²) < 4.78 is 5.11. The van der Waals surface area contributed by atoms with Gasteiger partial charge in [-0.25, -0.2) is 0 Å². The fourth-order valence-corrected chi connectivity index (χ4v) is 2.57. The van der Waals surface area contributed by atoms with E-state index >= 15 is 0 Å². The Morgan fingerprint density at radius 3 is 2.85 bits per heavy atom. The van der Waals surface area contributed by atoms with Crippen molar-refractivity contribution in [2.75, 3.05) is 26.0 Å². The Morgan fingerprint density at radius 1 is 1.55 bits per heavy atom. The van der Waals surface area contributed by atoms with Gasteiger partial charge in [0.15, 0.2) is 0 Å². The SMILES string of the molecule is COCCN(C(=O)c1cc(N)ccc1Cl)C(C)C1CC1. The average Bonchev–Trinajstić information content (AvgIpc) is 3.26. The maximum absolute atomic E-state index is 12.7.